The number of rotatable bonds is 8. The van der Waals surface area contributed by atoms with Crippen molar-refractivity contribution in [2.24, 2.45) is 0 Å². The zero-order valence-electron chi connectivity index (χ0n) is 15.5. The summed E-state index contributed by atoms with van der Waals surface area (Å²) in [5, 5.41) is 6.55. The van der Waals surface area contributed by atoms with Crippen LogP contribution in [0.15, 0.2) is 30.7 Å². The fourth-order valence-corrected chi connectivity index (χ4v) is 3.10. The summed E-state index contributed by atoms with van der Waals surface area (Å²) in [6.07, 6.45) is 5.44. The molecule has 2 atom stereocenters. The number of ether oxygens (including phenoxy) is 2. The van der Waals surface area contributed by atoms with Crippen molar-refractivity contribution in [2.75, 3.05) is 44.1 Å². The predicted molar refractivity (Wildman–Crippen MR) is 101 cm³/mol. The van der Waals surface area contributed by atoms with Crippen LogP contribution in [-0.4, -0.2) is 61.0 Å². The molecular weight excluding hydrogens is 332 g/mol. The summed E-state index contributed by atoms with van der Waals surface area (Å²) >= 11 is 0. The van der Waals surface area contributed by atoms with Crippen LogP contribution in [0.2, 0.25) is 0 Å². The summed E-state index contributed by atoms with van der Waals surface area (Å²) in [5.74, 6) is 2.31. The summed E-state index contributed by atoms with van der Waals surface area (Å²) in [4.78, 5) is 15.1. The van der Waals surface area contributed by atoms with E-state index in [1.807, 2.05) is 32.3 Å². The molecule has 3 rings (SSSR count). The van der Waals surface area contributed by atoms with E-state index >= 15 is 0 Å². The molecular formula is C18H26N6O2. The van der Waals surface area contributed by atoms with Gasteiger partial charge in [0, 0.05) is 46.2 Å². The molecule has 8 nitrogen and oxygen atoms in total. The molecule has 0 aromatic carbocycles. The normalized spacial score (nSPS) is 19.6. The summed E-state index contributed by atoms with van der Waals surface area (Å²) in [6.45, 7) is 4.91. The molecule has 2 N–H and O–H groups in total. The summed E-state index contributed by atoms with van der Waals surface area (Å²) < 4.78 is 11.2. The summed E-state index contributed by atoms with van der Waals surface area (Å²) in [5.41, 5.74) is 1.09. The second kappa shape index (κ2) is 8.77. The van der Waals surface area contributed by atoms with E-state index < -0.39 is 0 Å². The van der Waals surface area contributed by atoms with Gasteiger partial charge < -0.3 is 25.0 Å². The molecule has 1 aliphatic heterocycles. The third-order valence-corrected chi connectivity index (χ3v) is 4.41. The van der Waals surface area contributed by atoms with Gasteiger partial charge in [0.15, 0.2) is 0 Å². The first-order valence-corrected chi connectivity index (χ1v) is 8.82. The average molecular weight is 358 g/mol. The highest BCUT2D eigenvalue weighted by molar-refractivity contribution is 5.44. The van der Waals surface area contributed by atoms with Crippen molar-refractivity contribution in [3.8, 4) is 5.75 Å². The van der Waals surface area contributed by atoms with Gasteiger partial charge in [-0.3, -0.25) is 4.98 Å². The molecule has 1 aliphatic rings. The highest BCUT2D eigenvalue weighted by Crippen LogP contribution is 2.21. The van der Waals surface area contributed by atoms with Crippen molar-refractivity contribution in [1.29, 1.82) is 0 Å². The van der Waals surface area contributed by atoms with E-state index in [-0.39, 0.29) is 12.1 Å². The Balaban J connectivity index is 1.63. The van der Waals surface area contributed by atoms with Gasteiger partial charge in [-0.05, 0) is 24.6 Å². The number of hydrogen-bond acceptors (Lipinski definition) is 8. The molecule has 2 aromatic rings. The Kier molecular flexibility index (Phi) is 6.19. The van der Waals surface area contributed by atoms with Crippen LogP contribution in [0.1, 0.15) is 12.5 Å². The molecule has 0 bridgehead atoms. The zero-order chi connectivity index (χ0) is 18.4. The molecule has 0 saturated carbocycles. The number of hydrogen-bond donors (Lipinski definition) is 2. The van der Waals surface area contributed by atoms with Crippen LogP contribution < -0.4 is 20.3 Å². The molecule has 0 amide bonds. The molecule has 2 aromatic heterocycles. The number of nitrogens with zero attached hydrogens (tertiary/aromatic N) is 4. The van der Waals surface area contributed by atoms with Gasteiger partial charge in [0.25, 0.3) is 0 Å². The molecule has 140 valence electrons. The maximum absolute atomic E-state index is 5.68. The van der Waals surface area contributed by atoms with Crippen molar-refractivity contribution in [3.63, 3.8) is 0 Å². The largest absolute Gasteiger partial charge is 0.492 e. The van der Waals surface area contributed by atoms with Crippen LogP contribution in [0, 0.1) is 0 Å². The van der Waals surface area contributed by atoms with Gasteiger partial charge in [0.05, 0.1) is 24.9 Å². The number of nitrogens with one attached hydrogen (secondary N) is 2. The highest BCUT2D eigenvalue weighted by Gasteiger charge is 2.33. The molecule has 0 unspecified atom stereocenters. The van der Waals surface area contributed by atoms with Crippen LogP contribution in [0.3, 0.4) is 0 Å². The van der Waals surface area contributed by atoms with E-state index in [1.165, 1.54) is 0 Å². The summed E-state index contributed by atoms with van der Waals surface area (Å²) in [7, 11) is 3.56. The van der Waals surface area contributed by atoms with E-state index in [0.29, 0.717) is 19.1 Å². The van der Waals surface area contributed by atoms with Gasteiger partial charge >= 0.3 is 0 Å². The van der Waals surface area contributed by atoms with Gasteiger partial charge in [-0.1, -0.05) is 0 Å². The van der Waals surface area contributed by atoms with E-state index in [2.05, 4.69) is 30.5 Å². The fraction of sp³-hybridized carbons (Fsp3) is 0.500. The lowest BCUT2D eigenvalue weighted by atomic mass is 10.2. The second-order valence-electron chi connectivity index (χ2n) is 6.12. The van der Waals surface area contributed by atoms with Gasteiger partial charge in [-0.25, -0.2) is 4.98 Å². The molecule has 0 spiro atoms. The molecule has 8 heteroatoms. The van der Waals surface area contributed by atoms with Crippen molar-refractivity contribution in [1.82, 2.24) is 20.3 Å². The first-order valence-electron chi connectivity index (χ1n) is 8.82. The van der Waals surface area contributed by atoms with Crippen LogP contribution >= 0.6 is 0 Å². The first-order chi connectivity index (χ1) is 12.7. The molecule has 0 aliphatic carbocycles. The Morgan fingerprint density at radius 3 is 2.96 bits per heavy atom. The average Bonchev–Trinajstić information content (AvgIpc) is 3.10. The zero-order valence-corrected chi connectivity index (χ0v) is 15.5. The van der Waals surface area contributed by atoms with E-state index in [0.717, 1.165) is 30.2 Å². The number of anilines is 2. The second-order valence-corrected chi connectivity index (χ2v) is 6.12. The topological polar surface area (TPSA) is 84.4 Å². The van der Waals surface area contributed by atoms with Crippen LogP contribution in [0.4, 0.5) is 11.8 Å². The van der Waals surface area contributed by atoms with Crippen LogP contribution in [0.5, 0.6) is 5.75 Å². The maximum atomic E-state index is 5.68. The molecule has 1 fully saturated rings. The lowest BCUT2D eigenvalue weighted by molar-refractivity contribution is 0.0966. The lowest BCUT2D eigenvalue weighted by Gasteiger charge is -2.18. The quantitative estimate of drug-likeness (QED) is 0.731. The minimum atomic E-state index is 0.0889. The fourth-order valence-electron chi connectivity index (χ4n) is 3.10. The van der Waals surface area contributed by atoms with Crippen molar-refractivity contribution in [3.05, 3.63) is 36.3 Å². The number of aromatic nitrogens is 3. The van der Waals surface area contributed by atoms with Gasteiger partial charge in [0.2, 0.25) is 5.95 Å². The number of pyridine rings is 1. The SMILES string of the molecule is CCOc1cncc(CN[C@@H]2CN(c3ccnc(NC)n3)C[C@@H]2OC)c1. The minimum absolute atomic E-state index is 0.0889. The van der Waals surface area contributed by atoms with Gasteiger partial charge in [-0.15, -0.1) is 0 Å². The Hall–Kier alpha value is -2.45. The van der Waals surface area contributed by atoms with Gasteiger partial charge in [-0.2, -0.15) is 4.98 Å². The Bertz CT molecular complexity index is 714. The third kappa shape index (κ3) is 4.39. The van der Waals surface area contributed by atoms with Crippen molar-refractivity contribution < 1.29 is 9.47 Å². The van der Waals surface area contributed by atoms with Crippen LogP contribution in [-0.2, 0) is 11.3 Å². The third-order valence-electron chi connectivity index (χ3n) is 4.41. The maximum Gasteiger partial charge on any atom is 0.224 e. The van der Waals surface area contributed by atoms with Crippen molar-refractivity contribution >= 4 is 11.8 Å². The smallest absolute Gasteiger partial charge is 0.224 e. The van der Waals surface area contributed by atoms with E-state index in [9.17, 15) is 0 Å². The molecule has 3 heterocycles. The Morgan fingerprint density at radius 1 is 1.31 bits per heavy atom. The molecule has 26 heavy (non-hydrogen) atoms. The number of methoxy groups -OCH3 is 1. The Labute approximate surface area is 154 Å². The molecule has 0 radical (unpaired) electrons. The van der Waals surface area contributed by atoms with E-state index in [4.69, 9.17) is 9.47 Å². The summed E-state index contributed by atoms with van der Waals surface area (Å²) in [6, 6.07) is 4.14. The van der Waals surface area contributed by atoms with Crippen LogP contribution in [0.25, 0.3) is 0 Å². The lowest BCUT2D eigenvalue weighted by Crippen LogP contribution is -2.39. The monoisotopic (exact) mass is 358 g/mol. The standard InChI is InChI=1S/C18H26N6O2/c1-4-26-14-7-13(8-20-10-14)9-22-15-11-24(12-16(15)25-3)17-5-6-21-18(19-2)23-17/h5-8,10,15-16,22H,4,9,11-12H2,1-3H3,(H,19,21,23)/t15-,16+/m1/s1. The van der Waals surface area contributed by atoms with Gasteiger partial charge in [0.1, 0.15) is 11.6 Å². The first kappa shape index (κ1) is 18.3. The van der Waals surface area contributed by atoms with Crippen molar-refractivity contribution in [2.45, 2.75) is 25.6 Å². The Morgan fingerprint density at radius 2 is 2.19 bits per heavy atom. The van der Waals surface area contributed by atoms with E-state index in [1.54, 1.807) is 19.5 Å². The predicted octanol–water partition coefficient (Wildman–Crippen LogP) is 1.31. The molecule has 1 saturated heterocycles. The minimum Gasteiger partial charge on any atom is -0.492 e. The highest BCUT2D eigenvalue weighted by atomic mass is 16.5.